The van der Waals surface area contributed by atoms with Crippen molar-refractivity contribution in [1.29, 1.82) is 0 Å². The lowest BCUT2D eigenvalue weighted by atomic mass is 10.1. The third-order valence-corrected chi connectivity index (χ3v) is 5.67. The van der Waals surface area contributed by atoms with Crippen LogP contribution >= 0.6 is 11.8 Å². The molecule has 0 aliphatic carbocycles. The molecule has 2 aromatic carbocycles. The van der Waals surface area contributed by atoms with Crippen molar-refractivity contribution in [3.8, 4) is 5.75 Å². The molecule has 6 heteroatoms. The third kappa shape index (κ3) is 4.22. The van der Waals surface area contributed by atoms with Crippen LogP contribution in [0.5, 0.6) is 5.75 Å². The van der Waals surface area contributed by atoms with Gasteiger partial charge in [-0.25, -0.2) is 0 Å². The van der Waals surface area contributed by atoms with Crippen molar-refractivity contribution in [2.45, 2.75) is 27.3 Å². The number of rotatable bonds is 6. The van der Waals surface area contributed by atoms with Crippen molar-refractivity contribution >= 4 is 34.7 Å². The molecule has 1 saturated heterocycles. The number of phenols is 1. The molecule has 0 spiro atoms. The van der Waals surface area contributed by atoms with Gasteiger partial charge >= 0.3 is 0 Å². The third-order valence-electron chi connectivity index (χ3n) is 4.76. The summed E-state index contributed by atoms with van der Waals surface area (Å²) >= 11 is 0.904. The number of carbonyl (C=O) groups excluding carboxylic acids is 2. The Bertz CT molecular complexity index is 918. The summed E-state index contributed by atoms with van der Waals surface area (Å²) in [5, 5.41) is 10.1. The van der Waals surface area contributed by atoms with E-state index in [2.05, 4.69) is 18.7 Å². The predicted octanol–water partition coefficient (Wildman–Crippen LogP) is 4.78. The first-order valence-electron chi connectivity index (χ1n) is 9.31. The van der Waals surface area contributed by atoms with Gasteiger partial charge in [0.05, 0.1) is 11.4 Å². The van der Waals surface area contributed by atoms with Gasteiger partial charge in [-0.15, -0.1) is 0 Å². The van der Waals surface area contributed by atoms with Gasteiger partial charge in [0.1, 0.15) is 5.75 Å². The van der Waals surface area contributed by atoms with E-state index >= 15 is 0 Å². The van der Waals surface area contributed by atoms with Crippen LogP contribution in [0.15, 0.2) is 47.4 Å². The summed E-state index contributed by atoms with van der Waals surface area (Å²) < 4.78 is 0. The zero-order valence-electron chi connectivity index (χ0n) is 16.3. The van der Waals surface area contributed by atoms with Gasteiger partial charge in [0, 0.05) is 30.4 Å². The molecule has 1 fully saturated rings. The summed E-state index contributed by atoms with van der Waals surface area (Å²) in [6.45, 7) is 8.02. The minimum absolute atomic E-state index is 0.0923. The summed E-state index contributed by atoms with van der Waals surface area (Å²) in [5.41, 5.74) is 3.48. The fourth-order valence-electron chi connectivity index (χ4n) is 3.09. The van der Waals surface area contributed by atoms with E-state index in [9.17, 15) is 14.7 Å². The fourth-order valence-corrected chi connectivity index (χ4v) is 3.92. The van der Waals surface area contributed by atoms with Crippen LogP contribution in [0.1, 0.15) is 30.5 Å². The number of hydrogen-bond acceptors (Lipinski definition) is 5. The number of aryl methyl sites for hydroxylation is 1. The lowest BCUT2D eigenvalue weighted by Crippen LogP contribution is -2.27. The molecule has 1 N–H and O–H groups in total. The highest BCUT2D eigenvalue weighted by atomic mass is 32.2. The smallest absolute Gasteiger partial charge is 0.293 e. The number of nitrogens with zero attached hydrogens (tertiary/aromatic N) is 2. The summed E-state index contributed by atoms with van der Waals surface area (Å²) in [4.78, 5) is 28.7. The Morgan fingerprint density at radius 2 is 1.75 bits per heavy atom. The lowest BCUT2D eigenvalue weighted by molar-refractivity contribution is -0.123. The van der Waals surface area contributed by atoms with Crippen LogP contribution in [0.25, 0.3) is 6.08 Å². The molecule has 5 nitrogen and oxygen atoms in total. The van der Waals surface area contributed by atoms with Crippen LogP contribution < -0.4 is 4.90 Å². The molecule has 0 unspecified atom stereocenters. The molecule has 146 valence electrons. The minimum Gasteiger partial charge on any atom is -0.507 e. The van der Waals surface area contributed by atoms with Gasteiger partial charge in [0.25, 0.3) is 11.1 Å². The topological polar surface area (TPSA) is 60.9 Å². The van der Waals surface area contributed by atoms with E-state index < -0.39 is 0 Å². The number of imide groups is 1. The van der Waals surface area contributed by atoms with E-state index in [4.69, 9.17) is 0 Å². The summed E-state index contributed by atoms with van der Waals surface area (Å²) in [7, 11) is 0. The van der Waals surface area contributed by atoms with Crippen LogP contribution in [-0.4, -0.2) is 34.2 Å². The number of benzene rings is 2. The van der Waals surface area contributed by atoms with E-state index in [1.807, 2.05) is 37.3 Å². The number of aromatic hydroxyl groups is 1. The lowest BCUT2D eigenvalue weighted by Gasteiger charge is -2.21. The Balaban J connectivity index is 1.80. The summed E-state index contributed by atoms with van der Waals surface area (Å²) in [5.74, 6) is -0.238. The molecule has 2 amide bonds. The molecular formula is C22H24N2O3S. The molecule has 1 aliphatic rings. The molecular weight excluding hydrogens is 372 g/mol. The molecule has 0 bridgehead atoms. The van der Waals surface area contributed by atoms with Crippen molar-refractivity contribution in [1.82, 2.24) is 4.90 Å². The van der Waals surface area contributed by atoms with E-state index in [-0.39, 0.29) is 23.4 Å². The first-order chi connectivity index (χ1) is 13.4. The standard InChI is InChI=1S/C22H24N2O3S/c1-4-23(5-2)18-11-10-17(19(25)13-18)12-20-21(26)24(22(27)28-20)14-16-8-6-15(3)7-9-16/h6-13,25H,4-5,14H2,1-3H3/b20-12-. The van der Waals surface area contributed by atoms with Gasteiger partial charge < -0.3 is 10.0 Å². The fraction of sp³-hybridized carbons (Fsp3) is 0.273. The Morgan fingerprint density at radius 1 is 1.07 bits per heavy atom. The number of anilines is 1. The van der Waals surface area contributed by atoms with Gasteiger partial charge in [-0.1, -0.05) is 29.8 Å². The van der Waals surface area contributed by atoms with Crippen molar-refractivity contribution < 1.29 is 14.7 Å². The normalized spacial score (nSPS) is 15.5. The molecule has 3 rings (SSSR count). The molecule has 2 aromatic rings. The highest BCUT2D eigenvalue weighted by Gasteiger charge is 2.35. The van der Waals surface area contributed by atoms with Gasteiger partial charge in [-0.2, -0.15) is 0 Å². The van der Waals surface area contributed by atoms with Crippen molar-refractivity contribution in [2.75, 3.05) is 18.0 Å². The molecule has 1 aliphatic heterocycles. The molecule has 0 atom stereocenters. The summed E-state index contributed by atoms with van der Waals surface area (Å²) in [6.07, 6.45) is 1.58. The second-order valence-electron chi connectivity index (χ2n) is 6.67. The van der Waals surface area contributed by atoms with Crippen LogP contribution in [0, 0.1) is 6.92 Å². The first kappa shape index (κ1) is 20.0. The van der Waals surface area contributed by atoms with Crippen LogP contribution in [0.4, 0.5) is 10.5 Å². The molecule has 0 radical (unpaired) electrons. The maximum Gasteiger partial charge on any atom is 0.293 e. The van der Waals surface area contributed by atoms with E-state index in [0.717, 1.165) is 41.7 Å². The number of amides is 2. The minimum atomic E-state index is -0.331. The number of phenolic OH excluding ortho intramolecular Hbond substituents is 1. The van der Waals surface area contributed by atoms with Crippen molar-refractivity contribution in [3.05, 3.63) is 64.1 Å². The number of thioether (sulfide) groups is 1. The van der Waals surface area contributed by atoms with Crippen LogP contribution in [-0.2, 0) is 11.3 Å². The predicted molar refractivity (Wildman–Crippen MR) is 114 cm³/mol. The Kier molecular flexibility index (Phi) is 6.09. The van der Waals surface area contributed by atoms with Gasteiger partial charge in [0.15, 0.2) is 0 Å². The first-order valence-corrected chi connectivity index (χ1v) is 10.1. The molecule has 0 aromatic heterocycles. The van der Waals surface area contributed by atoms with Crippen molar-refractivity contribution in [3.63, 3.8) is 0 Å². The quantitative estimate of drug-likeness (QED) is 0.712. The van der Waals surface area contributed by atoms with Crippen LogP contribution in [0.2, 0.25) is 0 Å². The zero-order chi connectivity index (χ0) is 20.3. The monoisotopic (exact) mass is 396 g/mol. The average Bonchev–Trinajstić information content (AvgIpc) is 2.94. The Labute approximate surface area is 169 Å². The molecule has 1 heterocycles. The van der Waals surface area contributed by atoms with E-state index in [1.54, 1.807) is 18.2 Å². The largest absolute Gasteiger partial charge is 0.507 e. The molecule has 28 heavy (non-hydrogen) atoms. The van der Waals surface area contributed by atoms with E-state index in [1.165, 1.54) is 4.90 Å². The highest BCUT2D eigenvalue weighted by molar-refractivity contribution is 8.18. The second-order valence-corrected chi connectivity index (χ2v) is 7.66. The van der Waals surface area contributed by atoms with Gasteiger partial charge in [-0.05, 0) is 56.3 Å². The maximum absolute atomic E-state index is 12.7. The summed E-state index contributed by atoms with van der Waals surface area (Å²) in [6, 6.07) is 13.1. The van der Waals surface area contributed by atoms with Crippen molar-refractivity contribution in [2.24, 2.45) is 0 Å². The number of hydrogen-bond donors (Lipinski definition) is 1. The second kappa shape index (κ2) is 8.52. The zero-order valence-corrected chi connectivity index (χ0v) is 17.1. The van der Waals surface area contributed by atoms with Gasteiger partial charge in [-0.3, -0.25) is 14.5 Å². The molecule has 0 saturated carbocycles. The van der Waals surface area contributed by atoms with Crippen LogP contribution in [0.3, 0.4) is 0 Å². The van der Waals surface area contributed by atoms with E-state index in [0.29, 0.717) is 10.5 Å². The Morgan fingerprint density at radius 3 is 2.36 bits per heavy atom. The highest BCUT2D eigenvalue weighted by Crippen LogP contribution is 2.35. The maximum atomic E-state index is 12.7. The van der Waals surface area contributed by atoms with Gasteiger partial charge in [0.2, 0.25) is 0 Å². The Hall–Kier alpha value is -2.73. The SMILES string of the molecule is CCN(CC)c1ccc(/C=C2\SC(=O)N(Cc3ccc(C)cc3)C2=O)c(O)c1. The average molecular weight is 397 g/mol. The number of carbonyl (C=O) groups is 2.